The van der Waals surface area contributed by atoms with Crippen LogP contribution in [-0.4, -0.2) is 45.1 Å². The Kier molecular flexibility index (Phi) is 7.60. The van der Waals surface area contributed by atoms with Crippen molar-refractivity contribution in [2.24, 2.45) is 5.92 Å². The van der Waals surface area contributed by atoms with Gasteiger partial charge in [0.1, 0.15) is 0 Å². The van der Waals surface area contributed by atoms with E-state index in [2.05, 4.69) is 11.6 Å². The zero-order chi connectivity index (χ0) is 21.7. The summed E-state index contributed by atoms with van der Waals surface area (Å²) >= 11 is 1.46. The minimum atomic E-state index is -3.71. The van der Waals surface area contributed by atoms with Crippen molar-refractivity contribution in [1.82, 2.24) is 9.62 Å². The molecule has 1 atom stereocenters. The number of sulfonamides is 1. The lowest BCUT2D eigenvalue weighted by atomic mass is 9.98. The molecule has 1 saturated heterocycles. The summed E-state index contributed by atoms with van der Waals surface area (Å²) < 4.78 is 28.5. The molecule has 0 radical (unpaired) electrons. The maximum atomic E-state index is 13.1. The number of nitrogens with zero attached hydrogens (tertiary/aromatic N) is 1. The molecule has 1 aliphatic rings. The molecule has 2 aromatic carbocycles. The smallest absolute Gasteiger partial charge is 0.255 e. The third-order valence-electron chi connectivity index (χ3n) is 5.73. The summed E-state index contributed by atoms with van der Waals surface area (Å²) in [7, 11) is -3.71. The second-order valence-electron chi connectivity index (χ2n) is 8.00. The van der Waals surface area contributed by atoms with E-state index in [1.54, 1.807) is 12.1 Å². The van der Waals surface area contributed by atoms with Gasteiger partial charge < -0.3 is 4.90 Å². The molecule has 1 heterocycles. The third kappa shape index (κ3) is 5.45. The lowest BCUT2D eigenvalue weighted by Gasteiger charge is -2.30. The molecule has 7 heteroatoms. The van der Waals surface area contributed by atoms with E-state index in [-0.39, 0.29) is 16.7 Å². The van der Waals surface area contributed by atoms with Crippen LogP contribution in [0.5, 0.6) is 0 Å². The van der Waals surface area contributed by atoms with Crippen LogP contribution in [0, 0.1) is 5.92 Å². The van der Waals surface area contributed by atoms with Crippen molar-refractivity contribution in [3.05, 3.63) is 59.7 Å². The first-order chi connectivity index (χ1) is 14.3. The minimum Gasteiger partial charge on any atom is -0.339 e. The fourth-order valence-corrected chi connectivity index (χ4v) is 5.35. The summed E-state index contributed by atoms with van der Waals surface area (Å²) in [5.74, 6) is 0.584. The maximum absolute atomic E-state index is 13.1. The molecule has 30 heavy (non-hydrogen) atoms. The molecule has 2 aromatic rings. The van der Waals surface area contributed by atoms with Crippen molar-refractivity contribution in [1.29, 1.82) is 0 Å². The van der Waals surface area contributed by atoms with Gasteiger partial charge in [0.05, 0.1) is 10.5 Å². The largest absolute Gasteiger partial charge is 0.339 e. The highest BCUT2D eigenvalue weighted by molar-refractivity contribution is 7.98. The Morgan fingerprint density at radius 3 is 2.47 bits per heavy atom. The van der Waals surface area contributed by atoms with Crippen molar-refractivity contribution < 1.29 is 13.2 Å². The topological polar surface area (TPSA) is 66.5 Å². The number of hydrogen-bond donors (Lipinski definition) is 1. The van der Waals surface area contributed by atoms with Crippen LogP contribution in [0.3, 0.4) is 0 Å². The van der Waals surface area contributed by atoms with E-state index in [4.69, 9.17) is 0 Å². The molecule has 5 nitrogen and oxygen atoms in total. The average Bonchev–Trinajstić information content (AvgIpc) is 2.77. The van der Waals surface area contributed by atoms with Crippen LogP contribution in [0.4, 0.5) is 0 Å². The third-order valence-corrected chi connectivity index (χ3v) is 7.95. The molecule has 1 unspecified atom stereocenters. The molecule has 162 valence electrons. The first-order valence-electron chi connectivity index (χ1n) is 10.3. The highest BCUT2D eigenvalue weighted by atomic mass is 32.2. The molecular formula is C23H30N2O3S2. The molecule has 1 fully saturated rings. The number of nitrogens with one attached hydrogen (secondary N) is 1. The Hall–Kier alpha value is -1.83. The summed E-state index contributed by atoms with van der Waals surface area (Å²) in [5.41, 5.74) is 1.55. The van der Waals surface area contributed by atoms with Gasteiger partial charge in [-0.3, -0.25) is 4.79 Å². The van der Waals surface area contributed by atoms with Gasteiger partial charge in [-0.1, -0.05) is 44.2 Å². The lowest BCUT2D eigenvalue weighted by molar-refractivity contribution is 0.0693. The molecule has 1 amide bonds. The van der Waals surface area contributed by atoms with Crippen molar-refractivity contribution in [2.45, 2.75) is 42.4 Å². The van der Waals surface area contributed by atoms with E-state index >= 15 is 0 Å². The molecule has 1 aliphatic heterocycles. The van der Waals surface area contributed by atoms with Crippen molar-refractivity contribution in [3.8, 4) is 0 Å². The van der Waals surface area contributed by atoms with E-state index in [1.165, 1.54) is 17.8 Å². The zero-order valence-corrected chi connectivity index (χ0v) is 19.4. The Morgan fingerprint density at radius 2 is 1.83 bits per heavy atom. The molecule has 1 N–H and O–H groups in total. The lowest BCUT2D eigenvalue weighted by Crippen LogP contribution is -2.38. The molecular weight excluding hydrogens is 416 g/mol. The quantitative estimate of drug-likeness (QED) is 0.642. The van der Waals surface area contributed by atoms with Gasteiger partial charge in [-0.05, 0) is 54.7 Å². The Bertz CT molecular complexity index is 969. The van der Waals surface area contributed by atoms with E-state index in [0.29, 0.717) is 18.0 Å². The van der Waals surface area contributed by atoms with Crippen LogP contribution in [0.15, 0.2) is 58.3 Å². The molecule has 0 aromatic heterocycles. The predicted molar refractivity (Wildman–Crippen MR) is 123 cm³/mol. The van der Waals surface area contributed by atoms with Crippen molar-refractivity contribution in [3.63, 3.8) is 0 Å². The van der Waals surface area contributed by atoms with E-state index in [0.717, 1.165) is 36.4 Å². The molecule has 3 rings (SSSR count). The van der Waals surface area contributed by atoms with Crippen LogP contribution >= 0.6 is 11.8 Å². The van der Waals surface area contributed by atoms with Gasteiger partial charge in [-0.15, -0.1) is 11.8 Å². The van der Waals surface area contributed by atoms with Gasteiger partial charge >= 0.3 is 0 Å². The maximum Gasteiger partial charge on any atom is 0.255 e. The van der Waals surface area contributed by atoms with Crippen molar-refractivity contribution >= 4 is 27.7 Å². The Balaban J connectivity index is 1.78. The van der Waals surface area contributed by atoms with Gasteiger partial charge in [0.25, 0.3) is 5.91 Å². The van der Waals surface area contributed by atoms with Gasteiger partial charge in [0.15, 0.2) is 0 Å². The summed E-state index contributed by atoms with van der Waals surface area (Å²) in [6.07, 6.45) is 3.87. The number of amides is 1. The van der Waals surface area contributed by atoms with Gasteiger partial charge in [-0.25, -0.2) is 13.1 Å². The Morgan fingerprint density at radius 1 is 1.17 bits per heavy atom. The fraction of sp³-hybridized carbons (Fsp3) is 0.435. The fourth-order valence-electron chi connectivity index (χ4n) is 3.62. The highest BCUT2D eigenvalue weighted by Crippen LogP contribution is 2.27. The average molecular weight is 447 g/mol. The molecule has 0 saturated carbocycles. The minimum absolute atomic E-state index is 0.0443. The SMILES string of the molecule is CSc1ccc(S(=O)(=O)NCC(C)c2ccccc2)cc1C(=O)N1CCC(C)CC1. The van der Waals surface area contributed by atoms with Gasteiger partial charge in [0.2, 0.25) is 10.0 Å². The van der Waals surface area contributed by atoms with E-state index in [1.807, 2.05) is 48.4 Å². The summed E-state index contributed by atoms with van der Waals surface area (Å²) in [5, 5.41) is 0. The Labute approximate surface area is 184 Å². The van der Waals surface area contributed by atoms with Gasteiger partial charge in [-0.2, -0.15) is 0 Å². The van der Waals surface area contributed by atoms with Crippen LogP contribution < -0.4 is 4.72 Å². The first-order valence-corrected chi connectivity index (χ1v) is 13.0. The first kappa shape index (κ1) is 22.8. The normalized spacial score (nSPS) is 16.4. The van der Waals surface area contributed by atoms with Crippen LogP contribution in [0.2, 0.25) is 0 Å². The van der Waals surface area contributed by atoms with E-state index < -0.39 is 10.0 Å². The van der Waals surface area contributed by atoms with Crippen LogP contribution in [-0.2, 0) is 10.0 Å². The number of rotatable bonds is 7. The monoisotopic (exact) mass is 446 g/mol. The summed E-state index contributed by atoms with van der Waals surface area (Å²) in [6, 6.07) is 14.7. The standard InChI is InChI=1S/C23H30N2O3S2/c1-17-11-13-25(14-12-17)23(26)21-15-20(9-10-22(21)29-3)30(27,28)24-16-18(2)19-7-5-4-6-8-19/h4-10,15,17-18,24H,11-14,16H2,1-3H3. The second-order valence-corrected chi connectivity index (χ2v) is 10.6. The molecule has 0 spiro atoms. The van der Waals surface area contributed by atoms with Gasteiger partial charge in [0, 0.05) is 24.5 Å². The summed E-state index contributed by atoms with van der Waals surface area (Å²) in [4.78, 5) is 15.9. The summed E-state index contributed by atoms with van der Waals surface area (Å²) in [6.45, 7) is 5.92. The van der Waals surface area contributed by atoms with Crippen molar-refractivity contribution in [2.75, 3.05) is 25.9 Å². The number of thioether (sulfide) groups is 1. The number of piperidine rings is 1. The number of carbonyl (C=O) groups excluding carboxylic acids is 1. The molecule has 0 bridgehead atoms. The second kappa shape index (κ2) is 9.98. The number of carbonyl (C=O) groups is 1. The number of likely N-dealkylation sites (tertiary alicyclic amines) is 1. The van der Waals surface area contributed by atoms with Crippen LogP contribution in [0.25, 0.3) is 0 Å². The number of hydrogen-bond acceptors (Lipinski definition) is 4. The van der Waals surface area contributed by atoms with Crippen LogP contribution in [0.1, 0.15) is 48.5 Å². The number of benzene rings is 2. The molecule has 0 aliphatic carbocycles. The zero-order valence-electron chi connectivity index (χ0n) is 17.8. The highest BCUT2D eigenvalue weighted by Gasteiger charge is 2.25. The predicted octanol–water partition coefficient (Wildman–Crippen LogP) is 4.36. The van der Waals surface area contributed by atoms with E-state index in [9.17, 15) is 13.2 Å².